The SMILES string of the molecule is CCOC(=O)c1ccc(N2C(=O)C(=O)/C(=C(/O)c3cc(C(C)C)c(OC)cc3C)C2c2ccc(O)cc2)cc1. The number of aryl methyl sites for hydroxylation is 1. The molecule has 1 amide bonds. The van der Waals surface area contributed by atoms with E-state index in [1.807, 2.05) is 13.8 Å². The number of carbonyl (C=O) groups excluding carboxylic acids is 3. The highest BCUT2D eigenvalue weighted by molar-refractivity contribution is 6.51. The maximum absolute atomic E-state index is 13.5. The number of carbonyl (C=O) groups is 3. The highest BCUT2D eigenvalue weighted by Crippen LogP contribution is 2.43. The Balaban J connectivity index is 1.92. The molecule has 0 spiro atoms. The van der Waals surface area contributed by atoms with E-state index in [1.165, 1.54) is 29.2 Å². The molecule has 3 aromatic carbocycles. The molecule has 1 atom stereocenters. The number of amides is 1. The molecule has 8 nitrogen and oxygen atoms in total. The largest absolute Gasteiger partial charge is 0.508 e. The summed E-state index contributed by atoms with van der Waals surface area (Å²) in [7, 11) is 1.57. The summed E-state index contributed by atoms with van der Waals surface area (Å²) >= 11 is 0. The first-order chi connectivity index (χ1) is 18.6. The zero-order valence-corrected chi connectivity index (χ0v) is 22.5. The summed E-state index contributed by atoms with van der Waals surface area (Å²) in [5.74, 6) is -1.73. The van der Waals surface area contributed by atoms with E-state index in [0.29, 0.717) is 33.7 Å². The minimum Gasteiger partial charge on any atom is -0.508 e. The minimum absolute atomic E-state index is 0.0158. The van der Waals surface area contributed by atoms with E-state index < -0.39 is 23.7 Å². The van der Waals surface area contributed by atoms with Gasteiger partial charge in [-0.3, -0.25) is 14.5 Å². The van der Waals surface area contributed by atoms with Gasteiger partial charge in [0.1, 0.15) is 17.3 Å². The predicted molar refractivity (Wildman–Crippen MR) is 147 cm³/mol. The third-order valence-corrected chi connectivity index (χ3v) is 6.76. The Morgan fingerprint density at radius 3 is 2.23 bits per heavy atom. The summed E-state index contributed by atoms with van der Waals surface area (Å²) in [6.45, 7) is 7.71. The molecule has 0 bridgehead atoms. The van der Waals surface area contributed by atoms with E-state index in [-0.39, 0.29) is 29.6 Å². The lowest BCUT2D eigenvalue weighted by Crippen LogP contribution is -2.29. The van der Waals surface area contributed by atoms with Crippen LogP contribution in [0, 0.1) is 6.92 Å². The highest BCUT2D eigenvalue weighted by atomic mass is 16.5. The quantitative estimate of drug-likeness (QED) is 0.176. The summed E-state index contributed by atoms with van der Waals surface area (Å²) in [6.07, 6.45) is 0. The molecular weight excluding hydrogens is 498 g/mol. The van der Waals surface area contributed by atoms with Crippen molar-refractivity contribution in [2.45, 2.75) is 39.7 Å². The van der Waals surface area contributed by atoms with Gasteiger partial charge in [-0.1, -0.05) is 26.0 Å². The fraction of sp³-hybridized carbons (Fsp3) is 0.258. The number of phenols is 1. The molecule has 8 heteroatoms. The predicted octanol–water partition coefficient (Wildman–Crippen LogP) is 5.64. The van der Waals surface area contributed by atoms with E-state index in [1.54, 1.807) is 57.4 Å². The average molecular weight is 530 g/mol. The van der Waals surface area contributed by atoms with Gasteiger partial charge in [0.25, 0.3) is 11.7 Å². The summed E-state index contributed by atoms with van der Waals surface area (Å²) in [6, 6.07) is 14.8. The number of benzene rings is 3. The van der Waals surface area contributed by atoms with Crippen molar-refractivity contribution < 1.29 is 34.1 Å². The first-order valence-corrected chi connectivity index (χ1v) is 12.6. The van der Waals surface area contributed by atoms with Crippen LogP contribution in [0.2, 0.25) is 0 Å². The Morgan fingerprint density at radius 2 is 1.67 bits per heavy atom. The number of methoxy groups -OCH3 is 1. The number of aliphatic hydroxyl groups is 1. The number of anilines is 1. The molecule has 1 fully saturated rings. The number of Topliss-reactive ketones (excluding diaryl/α,β-unsaturated/α-hetero) is 1. The van der Waals surface area contributed by atoms with Crippen molar-refractivity contribution in [3.05, 3.63) is 94.1 Å². The van der Waals surface area contributed by atoms with Crippen molar-refractivity contribution in [3.8, 4) is 11.5 Å². The van der Waals surface area contributed by atoms with Crippen LogP contribution in [0.15, 0.2) is 66.2 Å². The van der Waals surface area contributed by atoms with Gasteiger partial charge in [-0.15, -0.1) is 0 Å². The second kappa shape index (κ2) is 11.0. The summed E-state index contributed by atoms with van der Waals surface area (Å²) in [5.41, 5.74) is 3.02. The maximum atomic E-state index is 13.5. The number of rotatable bonds is 7. The molecule has 1 aliphatic heterocycles. The normalized spacial score (nSPS) is 16.6. The van der Waals surface area contributed by atoms with Gasteiger partial charge in [0.15, 0.2) is 0 Å². The molecular formula is C31H31NO7. The van der Waals surface area contributed by atoms with E-state index in [9.17, 15) is 24.6 Å². The molecule has 2 N–H and O–H groups in total. The summed E-state index contributed by atoms with van der Waals surface area (Å²) in [4.78, 5) is 40.4. The van der Waals surface area contributed by atoms with Crippen LogP contribution in [-0.2, 0) is 14.3 Å². The minimum atomic E-state index is -0.983. The van der Waals surface area contributed by atoms with Crippen molar-refractivity contribution in [3.63, 3.8) is 0 Å². The second-order valence-electron chi connectivity index (χ2n) is 9.59. The summed E-state index contributed by atoms with van der Waals surface area (Å²) in [5, 5.41) is 21.5. The number of ketones is 1. The topological polar surface area (TPSA) is 113 Å². The van der Waals surface area contributed by atoms with Crippen LogP contribution in [0.1, 0.15) is 65.3 Å². The Morgan fingerprint density at radius 1 is 1.03 bits per heavy atom. The Bertz CT molecular complexity index is 1450. The number of hydrogen-bond acceptors (Lipinski definition) is 7. The zero-order chi connectivity index (χ0) is 28.4. The third-order valence-electron chi connectivity index (χ3n) is 6.76. The van der Waals surface area contributed by atoms with Crippen LogP contribution in [0.3, 0.4) is 0 Å². The van der Waals surface area contributed by atoms with Crippen LogP contribution in [-0.4, -0.2) is 41.6 Å². The monoisotopic (exact) mass is 529 g/mol. The van der Waals surface area contributed by atoms with Crippen LogP contribution >= 0.6 is 0 Å². The van der Waals surface area contributed by atoms with Crippen molar-refractivity contribution in [2.75, 3.05) is 18.6 Å². The Kier molecular flexibility index (Phi) is 7.76. The molecule has 4 rings (SSSR count). The lowest BCUT2D eigenvalue weighted by molar-refractivity contribution is -0.132. The standard InChI is InChI=1S/C31H31NO7/c1-6-39-31(37)20-7-11-21(12-8-20)32-27(19-9-13-22(33)14-10-19)26(29(35)30(32)36)28(34)24-16-23(17(2)3)25(38-5)15-18(24)4/h7-17,27,33-34H,6H2,1-5H3/b28-26+. The van der Waals surface area contributed by atoms with E-state index in [0.717, 1.165) is 5.56 Å². The number of ether oxygens (including phenoxy) is 2. The fourth-order valence-electron chi connectivity index (χ4n) is 4.77. The number of esters is 1. The van der Waals surface area contributed by atoms with Crippen LogP contribution in [0.25, 0.3) is 5.76 Å². The van der Waals surface area contributed by atoms with Crippen molar-refractivity contribution in [1.82, 2.24) is 0 Å². The molecule has 0 radical (unpaired) electrons. The lowest BCUT2D eigenvalue weighted by Gasteiger charge is -2.26. The number of nitrogens with zero attached hydrogens (tertiary/aromatic N) is 1. The molecule has 1 aliphatic rings. The van der Waals surface area contributed by atoms with Crippen LogP contribution in [0.4, 0.5) is 5.69 Å². The number of hydrogen-bond donors (Lipinski definition) is 2. The molecule has 0 aromatic heterocycles. The zero-order valence-electron chi connectivity index (χ0n) is 22.5. The van der Waals surface area contributed by atoms with Crippen LogP contribution in [0.5, 0.6) is 11.5 Å². The van der Waals surface area contributed by atoms with Gasteiger partial charge in [0.2, 0.25) is 0 Å². The van der Waals surface area contributed by atoms with Crippen molar-refractivity contribution in [2.24, 2.45) is 0 Å². The molecule has 39 heavy (non-hydrogen) atoms. The third kappa shape index (κ3) is 5.10. The maximum Gasteiger partial charge on any atom is 0.338 e. The van der Waals surface area contributed by atoms with Crippen LogP contribution < -0.4 is 9.64 Å². The van der Waals surface area contributed by atoms with Gasteiger partial charge in [-0.25, -0.2) is 4.79 Å². The first-order valence-electron chi connectivity index (χ1n) is 12.6. The lowest BCUT2D eigenvalue weighted by atomic mass is 9.91. The van der Waals surface area contributed by atoms with Gasteiger partial charge >= 0.3 is 5.97 Å². The number of aliphatic hydroxyl groups excluding tert-OH is 1. The first kappa shape index (κ1) is 27.4. The number of phenolic OH excluding ortho intramolecular Hbond substituents is 1. The molecule has 202 valence electrons. The molecule has 0 aliphatic carbocycles. The number of aromatic hydroxyl groups is 1. The highest BCUT2D eigenvalue weighted by Gasteiger charge is 2.47. The molecule has 1 unspecified atom stereocenters. The van der Waals surface area contributed by atoms with Gasteiger partial charge in [0.05, 0.1) is 30.9 Å². The molecule has 3 aromatic rings. The van der Waals surface area contributed by atoms with Gasteiger partial charge in [-0.2, -0.15) is 0 Å². The molecule has 1 heterocycles. The van der Waals surface area contributed by atoms with E-state index in [2.05, 4.69) is 0 Å². The smallest absolute Gasteiger partial charge is 0.338 e. The summed E-state index contributed by atoms with van der Waals surface area (Å²) < 4.78 is 10.6. The average Bonchev–Trinajstić information content (AvgIpc) is 3.18. The van der Waals surface area contributed by atoms with Gasteiger partial charge in [-0.05, 0) is 85.0 Å². The molecule has 0 saturated carbocycles. The van der Waals surface area contributed by atoms with E-state index >= 15 is 0 Å². The van der Waals surface area contributed by atoms with Crippen molar-refractivity contribution >= 4 is 29.1 Å². The van der Waals surface area contributed by atoms with Crippen molar-refractivity contribution in [1.29, 1.82) is 0 Å². The van der Waals surface area contributed by atoms with Gasteiger partial charge in [0, 0.05) is 11.3 Å². The molecule has 1 saturated heterocycles. The van der Waals surface area contributed by atoms with Gasteiger partial charge < -0.3 is 19.7 Å². The fourth-order valence-corrected chi connectivity index (χ4v) is 4.77. The Hall–Kier alpha value is -4.59. The Labute approximate surface area is 227 Å². The van der Waals surface area contributed by atoms with E-state index in [4.69, 9.17) is 9.47 Å². The second-order valence-corrected chi connectivity index (χ2v) is 9.59.